The van der Waals surface area contributed by atoms with Crippen molar-refractivity contribution in [3.8, 4) is 11.1 Å². The van der Waals surface area contributed by atoms with Gasteiger partial charge < -0.3 is 5.32 Å². The van der Waals surface area contributed by atoms with Crippen LogP contribution in [0.2, 0.25) is 0 Å². The Morgan fingerprint density at radius 3 is 2.35 bits per heavy atom. The van der Waals surface area contributed by atoms with Crippen molar-refractivity contribution in [1.82, 2.24) is 24.4 Å². The van der Waals surface area contributed by atoms with Crippen LogP contribution < -0.4 is 11.0 Å². The molecule has 0 unspecified atom stereocenters. The monoisotopic (exact) mass is 481 g/mol. The average Bonchev–Trinajstić information content (AvgIpc) is 3.00. The van der Waals surface area contributed by atoms with Crippen LogP contribution in [0.25, 0.3) is 33.1 Å². The molecule has 9 heteroatoms. The van der Waals surface area contributed by atoms with Crippen LogP contribution in [0.15, 0.2) is 47.5 Å². The van der Waals surface area contributed by atoms with E-state index < -0.39 is 0 Å². The Hall–Kier alpha value is -2.12. The molecule has 0 atom stereocenters. The van der Waals surface area contributed by atoms with Crippen molar-refractivity contribution in [2.75, 3.05) is 13.1 Å². The number of piperidine rings is 1. The maximum Gasteiger partial charge on any atom is 0.329 e. The molecule has 1 saturated heterocycles. The van der Waals surface area contributed by atoms with Gasteiger partial charge in [-0.2, -0.15) is 0 Å². The van der Waals surface area contributed by atoms with E-state index in [0.29, 0.717) is 0 Å². The number of hydrogen-bond donors (Lipinski definition) is 1. The second-order valence-electron chi connectivity index (χ2n) is 7.60. The van der Waals surface area contributed by atoms with Gasteiger partial charge in [0.2, 0.25) is 0 Å². The molecule has 1 aliphatic heterocycles. The highest BCUT2D eigenvalue weighted by Crippen LogP contribution is 2.31. The first kappa shape index (κ1) is 25.1. The molecule has 1 fully saturated rings. The van der Waals surface area contributed by atoms with Crippen LogP contribution in [-0.2, 0) is 7.05 Å². The van der Waals surface area contributed by atoms with Crippen molar-refractivity contribution >= 4 is 59.2 Å². The molecule has 0 radical (unpaired) electrons. The molecule has 31 heavy (non-hydrogen) atoms. The summed E-state index contributed by atoms with van der Waals surface area (Å²) in [6.07, 6.45) is 5.65. The second-order valence-corrected chi connectivity index (χ2v) is 7.60. The zero-order chi connectivity index (χ0) is 19.3. The van der Waals surface area contributed by atoms with Crippen LogP contribution in [0.3, 0.4) is 0 Å². The minimum Gasteiger partial charge on any atom is -0.317 e. The number of imidazole rings is 1. The number of nitrogens with one attached hydrogen (secondary N) is 1. The first-order valence-corrected chi connectivity index (χ1v) is 9.77. The van der Waals surface area contributed by atoms with Crippen LogP contribution in [0.4, 0.5) is 0 Å². The van der Waals surface area contributed by atoms with E-state index >= 15 is 0 Å². The topological polar surface area (TPSA) is 64.7 Å². The maximum atomic E-state index is 13.1. The summed E-state index contributed by atoms with van der Waals surface area (Å²) in [5.74, 6) is 0. The summed E-state index contributed by atoms with van der Waals surface area (Å²) in [5, 5.41) is 4.41. The summed E-state index contributed by atoms with van der Waals surface area (Å²) in [5.41, 5.74) is 5.97. The first-order chi connectivity index (χ1) is 13.6. The van der Waals surface area contributed by atoms with E-state index in [4.69, 9.17) is 0 Å². The number of aromatic nitrogens is 4. The largest absolute Gasteiger partial charge is 0.329 e. The van der Waals surface area contributed by atoms with Gasteiger partial charge in [-0.3, -0.25) is 19.1 Å². The van der Waals surface area contributed by atoms with Crippen LogP contribution >= 0.6 is 37.2 Å². The third-order valence-corrected chi connectivity index (χ3v) is 5.83. The second kappa shape index (κ2) is 10.0. The SMILES string of the molecule is Cc1ccc(-c2ccc3ncc4c(c3c2)n(C2CCNCC2)c(=O)n4C)cn1.Cl.Cl.Cl. The number of fused-ring (bicyclic) bond motifs is 3. The summed E-state index contributed by atoms with van der Waals surface area (Å²) < 4.78 is 3.72. The standard InChI is InChI=1S/C22H23N5O.3ClH/c1-14-3-4-16(12-24-14)15-5-6-19-18(11-15)21-20(13-25-19)26(2)22(28)27(21)17-7-9-23-10-8-17;;;/h3-6,11-13,17,23H,7-10H2,1-2H3;3*1H. The summed E-state index contributed by atoms with van der Waals surface area (Å²) in [7, 11) is 1.84. The lowest BCUT2D eigenvalue weighted by molar-refractivity contribution is 0.366. The van der Waals surface area contributed by atoms with Crippen molar-refractivity contribution < 1.29 is 0 Å². The summed E-state index contributed by atoms with van der Waals surface area (Å²) in [6, 6.07) is 10.6. The number of nitrogens with zero attached hydrogens (tertiary/aromatic N) is 4. The number of rotatable bonds is 2. The highest BCUT2D eigenvalue weighted by molar-refractivity contribution is 6.04. The third-order valence-electron chi connectivity index (χ3n) is 5.83. The Bertz CT molecular complexity index is 1240. The van der Waals surface area contributed by atoms with Gasteiger partial charge in [-0.15, -0.1) is 37.2 Å². The molecule has 4 aromatic rings. The van der Waals surface area contributed by atoms with Crippen LogP contribution in [-0.4, -0.2) is 32.2 Å². The molecule has 3 aromatic heterocycles. The number of aryl methyl sites for hydroxylation is 2. The molecular formula is C22H26Cl3N5O. The van der Waals surface area contributed by atoms with E-state index in [2.05, 4.69) is 33.5 Å². The normalized spacial score (nSPS) is 14.0. The zero-order valence-corrected chi connectivity index (χ0v) is 19.8. The van der Waals surface area contributed by atoms with Gasteiger partial charge in [-0.05, 0) is 56.6 Å². The molecule has 0 spiro atoms. The van der Waals surface area contributed by atoms with Gasteiger partial charge in [0.15, 0.2) is 0 Å². The molecule has 1 aromatic carbocycles. The van der Waals surface area contributed by atoms with E-state index in [1.165, 1.54) is 0 Å². The molecule has 0 bridgehead atoms. The van der Waals surface area contributed by atoms with Crippen LogP contribution in [0, 0.1) is 6.92 Å². The van der Waals surface area contributed by atoms with Gasteiger partial charge in [0.1, 0.15) is 0 Å². The molecule has 0 aliphatic carbocycles. The van der Waals surface area contributed by atoms with Crippen molar-refractivity contribution in [2.45, 2.75) is 25.8 Å². The van der Waals surface area contributed by atoms with E-state index in [1.54, 1.807) is 4.57 Å². The fourth-order valence-electron chi connectivity index (χ4n) is 4.25. The Morgan fingerprint density at radius 1 is 0.968 bits per heavy atom. The minimum atomic E-state index is 0. The highest BCUT2D eigenvalue weighted by Gasteiger charge is 2.23. The lowest BCUT2D eigenvalue weighted by Gasteiger charge is -2.24. The quantitative estimate of drug-likeness (QED) is 0.458. The molecule has 0 saturated carbocycles. The predicted octanol–water partition coefficient (Wildman–Crippen LogP) is 4.45. The third kappa shape index (κ3) is 4.30. The lowest BCUT2D eigenvalue weighted by atomic mass is 10.0. The highest BCUT2D eigenvalue weighted by atomic mass is 35.5. The van der Waals surface area contributed by atoms with Crippen LogP contribution in [0.1, 0.15) is 24.6 Å². The Balaban J connectivity index is 0.00000114. The van der Waals surface area contributed by atoms with Gasteiger partial charge >= 0.3 is 5.69 Å². The van der Waals surface area contributed by atoms with Gasteiger partial charge in [0.25, 0.3) is 0 Å². The first-order valence-electron chi connectivity index (χ1n) is 9.77. The minimum absolute atomic E-state index is 0. The van der Waals surface area contributed by atoms with Gasteiger partial charge in [0, 0.05) is 35.9 Å². The summed E-state index contributed by atoms with van der Waals surface area (Å²) in [6.45, 7) is 3.87. The van der Waals surface area contributed by atoms with E-state index in [1.807, 2.05) is 43.1 Å². The lowest BCUT2D eigenvalue weighted by Crippen LogP contribution is -2.34. The molecule has 166 valence electrons. The Morgan fingerprint density at radius 2 is 1.68 bits per heavy atom. The van der Waals surface area contributed by atoms with Crippen molar-refractivity contribution in [3.05, 3.63) is 58.9 Å². The maximum absolute atomic E-state index is 13.1. The Kier molecular flexibility index (Phi) is 8.11. The number of hydrogen-bond acceptors (Lipinski definition) is 4. The van der Waals surface area contributed by atoms with Crippen molar-refractivity contribution in [3.63, 3.8) is 0 Å². The number of benzene rings is 1. The molecule has 1 N–H and O–H groups in total. The summed E-state index contributed by atoms with van der Waals surface area (Å²) >= 11 is 0. The van der Waals surface area contributed by atoms with Crippen molar-refractivity contribution in [1.29, 1.82) is 0 Å². The molecule has 4 heterocycles. The number of halogens is 3. The van der Waals surface area contributed by atoms with Gasteiger partial charge in [-0.1, -0.05) is 12.1 Å². The predicted molar refractivity (Wildman–Crippen MR) is 133 cm³/mol. The fourth-order valence-corrected chi connectivity index (χ4v) is 4.25. The van der Waals surface area contributed by atoms with E-state index in [9.17, 15) is 4.79 Å². The van der Waals surface area contributed by atoms with E-state index in [0.717, 1.165) is 64.7 Å². The summed E-state index contributed by atoms with van der Waals surface area (Å²) in [4.78, 5) is 22.1. The van der Waals surface area contributed by atoms with Crippen molar-refractivity contribution in [2.24, 2.45) is 7.05 Å². The zero-order valence-electron chi connectivity index (χ0n) is 17.4. The molecule has 6 nitrogen and oxygen atoms in total. The molecule has 5 rings (SSSR count). The van der Waals surface area contributed by atoms with Crippen LogP contribution in [0.5, 0.6) is 0 Å². The van der Waals surface area contributed by atoms with E-state index in [-0.39, 0.29) is 49.0 Å². The molecular weight excluding hydrogens is 457 g/mol. The molecule has 0 amide bonds. The average molecular weight is 483 g/mol. The fraction of sp³-hybridized carbons (Fsp3) is 0.318. The number of pyridine rings is 2. The Labute approximate surface area is 199 Å². The van der Waals surface area contributed by atoms with Gasteiger partial charge in [-0.25, -0.2) is 4.79 Å². The van der Waals surface area contributed by atoms with Gasteiger partial charge in [0.05, 0.1) is 22.7 Å². The molecule has 1 aliphatic rings. The smallest absolute Gasteiger partial charge is 0.317 e.